The summed E-state index contributed by atoms with van der Waals surface area (Å²) in [7, 11) is 1.35. The van der Waals surface area contributed by atoms with Crippen molar-refractivity contribution in [1.82, 2.24) is 0 Å². The second kappa shape index (κ2) is 7.57. The second-order valence-corrected chi connectivity index (χ2v) is 4.97. The molecule has 0 radical (unpaired) electrons. The lowest BCUT2D eigenvalue weighted by Gasteiger charge is -2.16. The number of ketones is 1. The van der Waals surface area contributed by atoms with Gasteiger partial charge in [0.25, 0.3) is 0 Å². The Morgan fingerprint density at radius 1 is 1.19 bits per heavy atom. The zero-order valence-corrected chi connectivity index (χ0v) is 12.7. The molecule has 0 N–H and O–H groups in total. The van der Waals surface area contributed by atoms with Crippen LogP contribution in [0.1, 0.15) is 38.0 Å². The van der Waals surface area contributed by atoms with E-state index in [2.05, 4.69) is 0 Å². The third-order valence-corrected chi connectivity index (χ3v) is 3.05. The predicted molar refractivity (Wildman–Crippen MR) is 76.5 cm³/mol. The molecule has 0 saturated heterocycles. The number of esters is 2. The van der Waals surface area contributed by atoms with Gasteiger partial charge in [0.1, 0.15) is 0 Å². The molecular formula is C16H20O5. The molecular weight excluding hydrogens is 272 g/mol. The largest absolute Gasteiger partial charge is 0.469 e. The zero-order chi connectivity index (χ0) is 16.0. The average Bonchev–Trinajstić information content (AvgIpc) is 2.43. The second-order valence-electron chi connectivity index (χ2n) is 4.97. The fraction of sp³-hybridized carbons (Fsp3) is 0.438. The molecule has 2 atom stereocenters. The Morgan fingerprint density at radius 3 is 2.38 bits per heavy atom. The first-order valence-electron chi connectivity index (χ1n) is 6.69. The number of ether oxygens (including phenoxy) is 2. The molecule has 0 amide bonds. The van der Waals surface area contributed by atoms with Crippen LogP contribution in [0.3, 0.4) is 0 Å². The minimum atomic E-state index is -0.907. The van der Waals surface area contributed by atoms with Gasteiger partial charge in [-0.2, -0.15) is 0 Å². The molecule has 1 aromatic carbocycles. The molecule has 114 valence electrons. The van der Waals surface area contributed by atoms with Crippen molar-refractivity contribution in [2.24, 2.45) is 5.92 Å². The lowest BCUT2D eigenvalue weighted by Crippen LogP contribution is -2.17. The van der Waals surface area contributed by atoms with Crippen LogP contribution < -0.4 is 0 Å². The Morgan fingerprint density at radius 2 is 1.86 bits per heavy atom. The number of methoxy groups -OCH3 is 1. The summed E-state index contributed by atoms with van der Waals surface area (Å²) >= 11 is 0. The SMILES string of the molecule is COC(=O)[C@H](C)Cc1cccc(C(OC(C)=O)C(C)=O)c1. The summed E-state index contributed by atoms with van der Waals surface area (Å²) in [5.74, 6) is -1.33. The first kappa shape index (κ1) is 16.9. The van der Waals surface area contributed by atoms with Crippen LogP contribution in [-0.2, 0) is 30.3 Å². The van der Waals surface area contributed by atoms with E-state index in [0.717, 1.165) is 5.56 Å². The van der Waals surface area contributed by atoms with Crippen molar-refractivity contribution < 1.29 is 23.9 Å². The van der Waals surface area contributed by atoms with Crippen LogP contribution in [0.15, 0.2) is 24.3 Å². The van der Waals surface area contributed by atoms with E-state index >= 15 is 0 Å². The van der Waals surface area contributed by atoms with E-state index in [1.165, 1.54) is 21.0 Å². The molecule has 0 aliphatic heterocycles. The summed E-state index contributed by atoms with van der Waals surface area (Å²) in [5, 5.41) is 0. The van der Waals surface area contributed by atoms with Crippen LogP contribution in [0.25, 0.3) is 0 Å². The maximum absolute atomic E-state index is 11.6. The minimum absolute atomic E-state index is 0.247. The first-order chi connectivity index (χ1) is 9.85. The molecule has 0 heterocycles. The van der Waals surface area contributed by atoms with Crippen LogP contribution in [0.2, 0.25) is 0 Å². The molecule has 5 nitrogen and oxygen atoms in total. The van der Waals surface area contributed by atoms with Gasteiger partial charge in [-0.05, 0) is 18.9 Å². The van der Waals surface area contributed by atoms with Gasteiger partial charge in [0.15, 0.2) is 11.9 Å². The lowest BCUT2D eigenvalue weighted by atomic mass is 9.97. The van der Waals surface area contributed by atoms with Gasteiger partial charge in [0.2, 0.25) is 0 Å². The van der Waals surface area contributed by atoms with E-state index < -0.39 is 12.1 Å². The summed E-state index contributed by atoms with van der Waals surface area (Å²) in [6.45, 7) is 4.41. The Kier molecular flexibility index (Phi) is 6.09. The third kappa shape index (κ3) is 5.02. The van der Waals surface area contributed by atoms with Gasteiger partial charge in [-0.25, -0.2) is 0 Å². The molecule has 0 aliphatic rings. The average molecular weight is 292 g/mol. The number of carbonyl (C=O) groups excluding carboxylic acids is 3. The molecule has 21 heavy (non-hydrogen) atoms. The van der Waals surface area contributed by atoms with Crippen LogP contribution in [0, 0.1) is 5.92 Å². The van der Waals surface area contributed by atoms with Crippen molar-refractivity contribution in [2.45, 2.75) is 33.3 Å². The fourth-order valence-electron chi connectivity index (χ4n) is 2.07. The van der Waals surface area contributed by atoms with Gasteiger partial charge in [-0.1, -0.05) is 31.2 Å². The predicted octanol–water partition coefficient (Wildman–Crippen LogP) is 2.23. The monoisotopic (exact) mass is 292 g/mol. The topological polar surface area (TPSA) is 69.7 Å². The summed E-state index contributed by atoms with van der Waals surface area (Å²) in [6, 6.07) is 7.12. The van der Waals surface area contributed by atoms with Crippen molar-refractivity contribution in [3.63, 3.8) is 0 Å². The highest BCUT2D eigenvalue weighted by molar-refractivity contribution is 5.84. The normalized spacial score (nSPS) is 13.1. The molecule has 5 heteroatoms. The van der Waals surface area contributed by atoms with Crippen molar-refractivity contribution in [1.29, 1.82) is 0 Å². The Bertz CT molecular complexity index is 535. The molecule has 0 aromatic heterocycles. The molecule has 0 spiro atoms. The molecule has 0 fully saturated rings. The highest BCUT2D eigenvalue weighted by Gasteiger charge is 2.21. The van der Waals surface area contributed by atoms with Crippen LogP contribution in [0.5, 0.6) is 0 Å². The van der Waals surface area contributed by atoms with Crippen LogP contribution in [-0.4, -0.2) is 24.8 Å². The highest BCUT2D eigenvalue weighted by atomic mass is 16.5. The molecule has 0 saturated carbocycles. The van der Waals surface area contributed by atoms with Crippen molar-refractivity contribution in [2.75, 3.05) is 7.11 Å². The number of benzene rings is 1. The Balaban J connectivity index is 2.95. The number of hydrogen-bond acceptors (Lipinski definition) is 5. The van der Waals surface area contributed by atoms with E-state index in [0.29, 0.717) is 12.0 Å². The molecule has 1 aromatic rings. The molecule has 0 bridgehead atoms. The Labute approximate surface area is 124 Å². The van der Waals surface area contributed by atoms with E-state index in [-0.39, 0.29) is 17.7 Å². The summed E-state index contributed by atoms with van der Waals surface area (Å²) in [4.78, 5) is 34.1. The summed E-state index contributed by atoms with van der Waals surface area (Å²) in [5.41, 5.74) is 1.48. The molecule has 1 unspecified atom stereocenters. The van der Waals surface area contributed by atoms with E-state index in [1.807, 2.05) is 6.07 Å². The Hall–Kier alpha value is -2.17. The molecule has 0 aliphatic carbocycles. The lowest BCUT2D eigenvalue weighted by molar-refractivity contribution is -0.152. The number of carbonyl (C=O) groups is 3. The number of rotatable bonds is 6. The maximum atomic E-state index is 11.6. The van der Waals surface area contributed by atoms with E-state index in [9.17, 15) is 14.4 Å². The third-order valence-electron chi connectivity index (χ3n) is 3.05. The maximum Gasteiger partial charge on any atom is 0.308 e. The first-order valence-corrected chi connectivity index (χ1v) is 6.69. The quantitative estimate of drug-likeness (QED) is 0.752. The minimum Gasteiger partial charge on any atom is -0.469 e. The van der Waals surface area contributed by atoms with Crippen molar-refractivity contribution in [3.05, 3.63) is 35.4 Å². The van der Waals surface area contributed by atoms with Crippen LogP contribution >= 0.6 is 0 Å². The summed E-state index contributed by atoms with van der Waals surface area (Å²) < 4.78 is 9.74. The van der Waals surface area contributed by atoms with E-state index in [4.69, 9.17) is 9.47 Å². The van der Waals surface area contributed by atoms with Gasteiger partial charge in [-0.15, -0.1) is 0 Å². The number of Topliss-reactive ketones (excluding diaryl/α,β-unsaturated/α-hetero) is 1. The van der Waals surface area contributed by atoms with Crippen molar-refractivity contribution >= 4 is 17.7 Å². The highest BCUT2D eigenvalue weighted by Crippen LogP contribution is 2.21. The fourth-order valence-corrected chi connectivity index (χ4v) is 2.07. The number of hydrogen-bond donors (Lipinski definition) is 0. The van der Waals surface area contributed by atoms with Gasteiger partial charge in [-0.3, -0.25) is 14.4 Å². The van der Waals surface area contributed by atoms with Gasteiger partial charge >= 0.3 is 11.9 Å². The summed E-state index contributed by atoms with van der Waals surface area (Å²) in [6.07, 6.45) is -0.415. The van der Waals surface area contributed by atoms with Gasteiger partial charge < -0.3 is 9.47 Å². The van der Waals surface area contributed by atoms with Gasteiger partial charge in [0, 0.05) is 12.5 Å². The molecule has 1 rings (SSSR count). The van der Waals surface area contributed by atoms with Crippen LogP contribution in [0.4, 0.5) is 0 Å². The standard InChI is InChI=1S/C16H20O5/c1-10(16(19)20-4)8-13-6-5-7-14(9-13)15(11(2)17)21-12(3)18/h5-7,9-10,15H,8H2,1-4H3/t10-,15?/m1/s1. The van der Waals surface area contributed by atoms with Crippen molar-refractivity contribution in [3.8, 4) is 0 Å². The van der Waals surface area contributed by atoms with E-state index in [1.54, 1.807) is 25.1 Å². The smallest absolute Gasteiger partial charge is 0.308 e. The zero-order valence-electron chi connectivity index (χ0n) is 12.7. The van der Waals surface area contributed by atoms with Gasteiger partial charge in [0.05, 0.1) is 13.0 Å².